The lowest BCUT2D eigenvalue weighted by Crippen LogP contribution is -2.51. The number of piperidine rings is 1. The number of nitrogens with one attached hydrogen (secondary N) is 1. The highest BCUT2D eigenvalue weighted by Crippen LogP contribution is 2.31. The quantitative estimate of drug-likeness (QED) is 0.760. The fourth-order valence-corrected chi connectivity index (χ4v) is 3.22. The highest BCUT2D eigenvalue weighted by atomic mass is 32.1. The zero-order chi connectivity index (χ0) is 13.1. The lowest BCUT2D eigenvalue weighted by Gasteiger charge is -2.38. The largest absolute Gasteiger partial charge is 0.376 e. The molecule has 0 amide bonds. The number of rotatable bonds is 2. The maximum Gasteiger partial charge on any atom is 0.171 e. The summed E-state index contributed by atoms with van der Waals surface area (Å²) < 4.78 is 17.0. The minimum Gasteiger partial charge on any atom is -0.376 e. The van der Waals surface area contributed by atoms with E-state index in [1.54, 1.807) is 0 Å². The first-order valence-electron chi connectivity index (χ1n) is 7.20. The van der Waals surface area contributed by atoms with E-state index in [0.29, 0.717) is 6.10 Å². The Balaban J connectivity index is 1.41. The van der Waals surface area contributed by atoms with Gasteiger partial charge in [0.05, 0.1) is 19.3 Å². The van der Waals surface area contributed by atoms with E-state index in [-0.39, 0.29) is 5.79 Å². The van der Waals surface area contributed by atoms with Gasteiger partial charge in [0.2, 0.25) is 0 Å². The van der Waals surface area contributed by atoms with Crippen LogP contribution in [0.2, 0.25) is 0 Å². The summed E-state index contributed by atoms with van der Waals surface area (Å²) in [6.07, 6.45) is 4.43. The van der Waals surface area contributed by atoms with Gasteiger partial charge in [-0.2, -0.15) is 0 Å². The molecule has 0 aromatic carbocycles. The molecule has 3 fully saturated rings. The van der Waals surface area contributed by atoms with Crippen molar-refractivity contribution in [1.82, 2.24) is 10.2 Å². The molecule has 3 rings (SSSR count). The number of ether oxygens (including phenoxy) is 3. The van der Waals surface area contributed by atoms with Crippen LogP contribution in [0.3, 0.4) is 0 Å². The van der Waals surface area contributed by atoms with Crippen LogP contribution in [0.25, 0.3) is 0 Å². The summed E-state index contributed by atoms with van der Waals surface area (Å²) in [5, 5.41) is 4.16. The highest BCUT2D eigenvalue weighted by molar-refractivity contribution is 7.80. The Morgan fingerprint density at radius 2 is 1.95 bits per heavy atom. The zero-order valence-corrected chi connectivity index (χ0v) is 12.0. The van der Waals surface area contributed by atoms with Crippen LogP contribution in [-0.2, 0) is 14.2 Å². The molecule has 1 atom stereocenters. The number of hydrogen-bond acceptors (Lipinski definition) is 4. The standard InChI is InChI=1S/C13H22N2O3S/c19-12(14-10-11-2-1-7-16-11)15-5-3-13(4-6-15)17-8-9-18-13/h11H,1-10H2,(H,14,19)/t11-/m1/s1. The molecule has 108 valence electrons. The van der Waals surface area contributed by atoms with Gasteiger partial charge in [-0.3, -0.25) is 0 Å². The van der Waals surface area contributed by atoms with Crippen molar-refractivity contribution in [1.29, 1.82) is 0 Å². The van der Waals surface area contributed by atoms with Crippen molar-refractivity contribution >= 4 is 17.3 Å². The van der Waals surface area contributed by atoms with Crippen LogP contribution >= 0.6 is 12.2 Å². The average molecular weight is 286 g/mol. The summed E-state index contributed by atoms with van der Waals surface area (Å²) >= 11 is 5.45. The number of thiocarbonyl (C=S) groups is 1. The fourth-order valence-electron chi connectivity index (χ4n) is 2.95. The molecular formula is C13H22N2O3S. The Hall–Kier alpha value is -0.430. The second-order valence-electron chi connectivity index (χ2n) is 5.42. The van der Waals surface area contributed by atoms with Crippen LogP contribution in [0, 0.1) is 0 Å². The van der Waals surface area contributed by atoms with Gasteiger partial charge in [0.25, 0.3) is 0 Å². The molecule has 1 spiro atoms. The van der Waals surface area contributed by atoms with Crippen LogP contribution < -0.4 is 5.32 Å². The lowest BCUT2D eigenvalue weighted by atomic mass is 10.0. The Morgan fingerprint density at radius 3 is 2.58 bits per heavy atom. The summed E-state index contributed by atoms with van der Waals surface area (Å²) in [5.41, 5.74) is 0. The zero-order valence-electron chi connectivity index (χ0n) is 11.2. The molecular weight excluding hydrogens is 264 g/mol. The van der Waals surface area contributed by atoms with Crippen molar-refractivity contribution in [3.63, 3.8) is 0 Å². The van der Waals surface area contributed by atoms with Crippen LogP contribution in [0.1, 0.15) is 25.7 Å². The third-order valence-corrected chi connectivity index (χ3v) is 4.53. The van der Waals surface area contributed by atoms with E-state index >= 15 is 0 Å². The van der Waals surface area contributed by atoms with Gasteiger partial charge >= 0.3 is 0 Å². The summed E-state index contributed by atoms with van der Waals surface area (Å²) in [7, 11) is 0. The second kappa shape index (κ2) is 5.91. The summed E-state index contributed by atoms with van der Waals surface area (Å²) in [4.78, 5) is 2.21. The Labute approximate surface area is 119 Å². The SMILES string of the molecule is S=C(NC[C@H]1CCCO1)N1CCC2(CC1)OCCO2. The van der Waals surface area contributed by atoms with E-state index < -0.39 is 0 Å². The van der Waals surface area contributed by atoms with Gasteiger partial charge in [0.1, 0.15) is 0 Å². The van der Waals surface area contributed by atoms with Crippen molar-refractivity contribution in [2.24, 2.45) is 0 Å². The predicted molar refractivity (Wildman–Crippen MR) is 75.0 cm³/mol. The van der Waals surface area contributed by atoms with Crippen LogP contribution in [0.4, 0.5) is 0 Å². The van der Waals surface area contributed by atoms with E-state index in [1.165, 1.54) is 6.42 Å². The van der Waals surface area contributed by atoms with Gasteiger partial charge < -0.3 is 24.4 Å². The van der Waals surface area contributed by atoms with Crippen molar-refractivity contribution in [3.8, 4) is 0 Å². The van der Waals surface area contributed by atoms with Crippen LogP contribution in [-0.4, -0.2) is 61.4 Å². The number of hydrogen-bond donors (Lipinski definition) is 1. The van der Waals surface area contributed by atoms with Crippen molar-refractivity contribution in [3.05, 3.63) is 0 Å². The van der Waals surface area contributed by atoms with Crippen molar-refractivity contribution < 1.29 is 14.2 Å². The normalized spacial score (nSPS) is 29.9. The van der Waals surface area contributed by atoms with Gasteiger partial charge in [-0.05, 0) is 25.1 Å². The molecule has 3 heterocycles. The summed E-state index contributed by atoms with van der Waals surface area (Å²) in [6.45, 7) is 4.96. The Morgan fingerprint density at radius 1 is 1.21 bits per heavy atom. The minimum atomic E-state index is -0.319. The molecule has 0 aromatic rings. The summed E-state index contributed by atoms with van der Waals surface area (Å²) in [6, 6.07) is 0. The van der Waals surface area contributed by atoms with E-state index in [1.807, 2.05) is 0 Å². The highest BCUT2D eigenvalue weighted by Gasteiger charge is 2.40. The minimum absolute atomic E-state index is 0.319. The van der Waals surface area contributed by atoms with E-state index in [2.05, 4.69) is 10.2 Å². The lowest BCUT2D eigenvalue weighted by molar-refractivity contribution is -0.180. The van der Waals surface area contributed by atoms with Crippen LogP contribution in [0.5, 0.6) is 0 Å². The second-order valence-corrected chi connectivity index (χ2v) is 5.80. The van der Waals surface area contributed by atoms with Crippen molar-refractivity contribution in [2.75, 3.05) is 39.5 Å². The molecule has 0 aliphatic carbocycles. The third kappa shape index (κ3) is 3.18. The number of likely N-dealkylation sites (tertiary alicyclic amines) is 1. The molecule has 0 bridgehead atoms. The topological polar surface area (TPSA) is 43.0 Å². The van der Waals surface area contributed by atoms with Gasteiger partial charge in [-0.15, -0.1) is 0 Å². The van der Waals surface area contributed by atoms with Gasteiger partial charge in [0, 0.05) is 39.1 Å². The smallest absolute Gasteiger partial charge is 0.171 e. The molecule has 3 saturated heterocycles. The molecule has 6 heteroatoms. The van der Waals surface area contributed by atoms with E-state index in [9.17, 15) is 0 Å². The van der Waals surface area contributed by atoms with E-state index in [0.717, 1.165) is 63.8 Å². The molecule has 0 unspecified atom stereocenters. The maximum absolute atomic E-state index is 5.72. The summed E-state index contributed by atoms with van der Waals surface area (Å²) in [5.74, 6) is -0.319. The first-order chi connectivity index (χ1) is 9.27. The van der Waals surface area contributed by atoms with Crippen LogP contribution in [0.15, 0.2) is 0 Å². The van der Waals surface area contributed by atoms with Gasteiger partial charge in [0.15, 0.2) is 10.9 Å². The van der Waals surface area contributed by atoms with E-state index in [4.69, 9.17) is 26.4 Å². The number of nitrogens with zero attached hydrogens (tertiary/aromatic N) is 1. The third-order valence-electron chi connectivity index (χ3n) is 4.13. The molecule has 1 N–H and O–H groups in total. The van der Waals surface area contributed by atoms with Crippen molar-refractivity contribution in [2.45, 2.75) is 37.6 Å². The molecule has 0 saturated carbocycles. The predicted octanol–water partition coefficient (Wildman–Crippen LogP) is 0.879. The molecule has 3 aliphatic rings. The van der Waals surface area contributed by atoms with Gasteiger partial charge in [-0.1, -0.05) is 0 Å². The molecule has 3 aliphatic heterocycles. The average Bonchev–Trinajstić information content (AvgIpc) is 3.09. The maximum atomic E-state index is 5.72. The monoisotopic (exact) mass is 286 g/mol. The Bertz CT molecular complexity index is 318. The first kappa shape index (κ1) is 13.5. The molecule has 19 heavy (non-hydrogen) atoms. The molecule has 0 aromatic heterocycles. The molecule has 0 radical (unpaired) electrons. The first-order valence-corrected chi connectivity index (χ1v) is 7.61. The Kier molecular flexibility index (Phi) is 4.21. The van der Waals surface area contributed by atoms with Gasteiger partial charge in [-0.25, -0.2) is 0 Å². The molecule has 5 nitrogen and oxygen atoms in total. The fraction of sp³-hybridized carbons (Fsp3) is 0.923.